The second-order valence-electron chi connectivity index (χ2n) is 5.35. The number of hydrogen-bond acceptors (Lipinski definition) is 4. The average Bonchev–Trinajstić information content (AvgIpc) is 3.11. The molecule has 0 saturated heterocycles. The molecule has 2 N–H and O–H groups in total. The van der Waals surface area contributed by atoms with E-state index in [4.69, 9.17) is 9.47 Å². The van der Waals surface area contributed by atoms with Crippen LogP contribution < -0.4 is 15.4 Å². The molecule has 0 atom stereocenters. The lowest BCUT2D eigenvalue weighted by Crippen LogP contribution is -2.38. The Kier molecular flexibility index (Phi) is 5.66. The number of thiophene rings is 1. The van der Waals surface area contributed by atoms with Gasteiger partial charge in [-0.1, -0.05) is 6.07 Å². The van der Waals surface area contributed by atoms with Gasteiger partial charge in [-0.25, -0.2) is 4.39 Å². The van der Waals surface area contributed by atoms with Gasteiger partial charge in [-0.15, -0.1) is 11.3 Å². The molecule has 1 aromatic carbocycles. The normalized spacial score (nSPS) is 14.0. The fraction of sp³-hybridized carbons (Fsp3) is 0.353. The molecule has 128 valence electrons. The van der Waals surface area contributed by atoms with Gasteiger partial charge < -0.3 is 20.1 Å². The van der Waals surface area contributed by atoms with Crippen LogP contribution in [0.3, 0.4) is 0 Å². The van der Waals surface area contributed by atoms with Crippen molar-refractivity contribution < 1.29 is 13.9 Å². The lowest BCUT2D eigenvalue weighted by Gasteiger charge is -2.21. The molecule has 24 heavy (non-hydrogen) atoms. The fourth-order valence-corrected chi connectivity index (χ4v) is 3.26. The Hall–Kier alpha value is -2.12. The molecule has 2 heterocycles. The Morgan fingerprint density at radius 2 is 2.29 bits per heavy atom. The van der Waals surface area contributed by atoms with Gasteiger partial charge in [0.15, 0.2) is 12.8 Å². The smallest absolute Gasteiger partial charge is 0.191 e. The third kappa shape index (κ3) is 4.24. The molecule has 0 unspecified atom stereocenters. The van der Waals surface area contributed by atoms with Crippen LogP contribution in [0.25, 0.3) is 0 Å². The zero-order valence-corrected chi connectivity index (χ0v) is 14.3. The highest BCUT2D eigenvalue weighted by molar-refractivity contribution is 7.09. The summed E-state index contributed by atoms with van der Waals surface area (Å²) in [6, 6.07) is 7.09. The maximum atomic E-state index is 13.7. The maximum absolute atomic E-state index is 13.7. The average molecular weight is 349 g/mol. The Labute approximate surface area is 144 Å². The third-order valence-corrected chi connectivity index (χ3v) is 4.60. The molecule has 5 nitrogen and oxygen atoms in total. The monoisotopic (exact) mass is 349 g/mol. The maximum Gasteiger partial charge on any atom is 0.191 e. The van der Waals surface area contributed by atoms with Crippen LogP contribution in [-0.2, 0) is 24.3 Å². The van der Waals surface area contributed by atoms with Gasteiger partial charge in [-0.2, -0.15) is 0 Å². The summed E-state index contributed by atoms with van der Waals surface area (Å²) < 4.78 is 24.5. The second-order valence-corrected chi connectivity index (χ2v) is 6.38. The first-order valence-electron chi connectivity index (χ1n) is 7.75. The molecule has 2 aromatic rings. The number of nitrogens with one attached hydrogen (secondary N) is 2. The van der Waals surface area contributed by atoms with E-state index < -0.39 is 0 Å². The van der Waals surface area contributed by atoms with E-state index in [1.807, 2.05) is 6.07 Å². The molecule has 0 spiro atoms. The van der Waals surface area contributed by atoms with Gasteiger partial charge in [0, 0.05) is 36.1 Å². The molecule has 1 aromatic heterocycles. The summed E-state index contributed by atoms with van der Waals surface area (Å²) in [6.45, 7) is 1.78. The largest absolute Gasteiger partial charge is 0.467 e. The van der Waals surface area contributed by atoms with E-state index in [2.05, 4.69) is 27.1 Å². The predicted molar refractivity (Wildman–Crippen MR) is 92.9 cm³/mol. The zero-order valence-electron chi connectivity index (χ0n) is 13.5. The van der Waals surface area contributed by atoms with Gasteiger partial charge in [0.25, 0.3) is 0 Å². The first-order valence-corrected chi connectivity index (χ1v) is 8.63. The number of hydrogen-bond donors (Lipinski definition) is 2. The SMILES string of the molecule is CN=C(NCCc1cccs1)NCc1cc(F)cc2c1OCOC2. The van der Waals surface area contributed by atoms with Crippen molar-refractivity contribution in [3.05, 3.63) is 51.5 Å². The van der Waals surface area contributed by atoms with E-state index >= 15 is 0 Å². The van der Waals surface area contributed by atoms with Crippen molar-refractivity contribution in [3.8, 4) is 5.75 Å². The summed E-state index contributed by atoms with van der Waals surface area (Å²) >= 11 is 1.74. The molecular formula is C17H20FN3O2S. The summed E-state index contributed by atoms with van der Waals surface area (Å²) in [6.07, 6.45) is 0.939. The Morgan fingerprint density at radius 1 is 1.38 bits per heavy atom. The van der Waals surface area contributed by atoms with Crippen LogP contribution in [0.2, 0.25) is 0 Å². The Balaban J connectivity index is 1.56. The van der Waals surface area contributed by atoms with E-state index in [1.54, 1.807) is 18.4 Å². The number of nitrogens with zero attached hydrogens (tertiary/aromatic N) is 1. The molecule has 0 radical (unpaired) electrons. The molecule has 1 aliphatic heterocycles. The highest BCUT2D eigenvalue weighted by Gasteiger charge is 2.17. The van der Waals surface area contributed by atoms with Gasteiger partial charge in [0.05, 0.1) is 6.61 Å². The number of ether oxygens (including phenoxy) is 2. The van der Waals surface area contributed by atoms with Crippen LogP contribution in [-0.4, -0.2) is 26.3 Å². The molecule has 0 bridgehead atoms. The Morgan fingerprint density at radius 3 is 3.08 bits per heavy atom. The van der Waals surface area contributed by atoms with Gasteiger partial charge >= 0.3 is 0 Å². The first-order chi connectivity index (χ1) is 11.8. The second kappa shape index (κ2) is 8.12. The topological polar surface area (TPSA) is 54.9 Å². The number of benzene rings is 1. The number of rotatable bonds is 5. The molecule has 1 aliphatic rings. The standard InChI is InChI=1S/C17H20FN3O2S/c1-19-17(20-5-4-15-3-2-6-24-15)21-9-12-7-14(18)8-13-10-22-11-23-16(12)13/h2-3,6-8H,4-5,9-11H2,1H3,(H2,19,20,21). The van der Waals surface area contributed by atoms with Crippen molar-refractivity contribution in [2.24, 2.45) is 4.99 Å². The van der Waals surface area contributed by atoms with Crippen molar-refractivity contribution in [1.29, 1.82) is 0 Å². The molecule has 7 heteroatoms. The summed E-state index contributed by atoms with van der Waals surface area (Å²) in [7, 11) is 1.71. The molecule has 0 fully saturated rings. The number of halogens is 1. The Bertz CT molecular complexity index is 704. The van der Waals surface area contributed by atoms with Gasteiger partial charge in [0.2, 0.25) is 0 Å². The number of aliphatic imine (C=N–C) groups is 1. The van der Waals surface area contributed by atoms with Gasteiger partial charge in [0.1, 0.15) is 11.6 Å². The fourth-order valence-electron chi connectivity index (χ4n) is 2.55. The first kappa shape index (κ1) is 16.7. The summed E-state index contributed by atoms with van der Waals surface area (Å²) in [5, 5.41) is 8.53. The van der Waals surface area contributed by atoms with E-state index in [-0.39, 0.29) is 12.6 Å². The third-order valence-electron chi connectivity index (χ3n) is 3.67. The van der Waals surface area contributed by atoms with Gasteiger partial charge in [-0.05, 0) is 30.0 Å². The van der Waals surface area contributed by atoms with Crippen LogP contribution >= 0.6 is 11.3 Å². The summed E-state index contributed by atoms with van der Waals surface area (Å²) in [5.41, 5.74) is 1.49. The highest BCUT2D eigenvalue weighted by Crippen LogP contribution is 2.29. The van der Waals surface area contributed by atoms with E-state index in [9.17, 15) is 4.39 Å². The molecule has 0 aliphatic carbocycles. The van der Waals surface area contributed by atoms with Crippen LogP contribution in [0.1, 0.15) is 16.0 Å². The van der Waals surface area contributed by atoms with Crippen molar-refractivity contribution >= 4 is 17.3 Å². The lowest BCUT2D eigenvalue weighted by atomic mass is 10.1. The summed E-state index contributed by atoms with van der Waals surface area (Å²) in [5.74, 6) is 1.08. The summed E-state index contributed by atoms with van der Waals surface area (Å²) in [4.78, 5) is 5.52. The van der Waals surface area contributed by atoms with Crippen molar-refractivity contribution in [2.75, 3.05) is 20.4 Å². The minimum absolute atomic E-state index is 0.194. The van der Waals surface area contributed by atoms with Gasteiger partial charge in [-0.3, -0.25) is 4.99 Å². The highest BCUT2D eigenvalue weighted by atomic mass is 32.1. The lowest BCUT2D eigenvalue weighted by molar-refractivity contribution is -0.0172. The van der Waals surface area contributed by atoms with Crippen LogP contribution in [0.4, 0.5) is 4.39 Å². The number of guanidine groups is 1. The van der Waals surface area contributed by atoms with Crippen LogP contribution in [0.5, 0.6) is 5.75 Å². The van der Waals surface area contributed by atoms with E-state index in [1.165, 1.54) is 17.0 Å². The van der Waals surface area contributed by atoms with Crippen LogP contribution in [0.15, 0.2) is 34.6 Å². The quantitative estimate of drug-likeness (QED) is 0.644. The van der Waals surface area contributed by atoms with Crippen molar-refractivity contribution in [1.82, 2.24) is 10.6 Å². The van der Waals surface area contributed by atoms with Crippen LogP contribution in [0, 0.1) is 5.82 Å². The van der Waals surface area contributed by atoms with Crippen molar-refractivity contribution in [2.45, 2.75) is 19.6 Å². The van der Waals surface area contributed by atoms with Crippen molar-refractivity contribution in [3.63, 3.8) is 0 Å². The molecule has 0 amide bonds. The minimum atomic E-state index is -0.291. The molecular weight excluding hydrogens is 329 g/mol. The minimum Gasteiger partial charge on any atom is -0.467 e. The molecule has 0 saturated carbocycles. The predicted octanol–water partition coefficient (Wildman–Crippen LogP) is 2.66. The zero-order chi connectivity index (χ0) is 16.8. The molecule has 3 rings (SSSR count). The van der Waals surface area contributed by atoms with E-state index in [0.29, 0.717) is 24.9 Å². The number of fused-ring (bicyclic) bond motifs is 1. The van der Waals surface area contributed by atoms with E-state index in [0.717, 1.165) is 24.1 Å².